The van der Waals surface area contributed by atoms with Gasteiger partial charge in [0.2, 0.25) is 10.0 Å². The summed E-state index contributed by atoms with van der Waals surface area (Å²) in [4.78, 5) is 3.34. The van der Waals surface area contributed by atoms with E-state index in [9.17, 15) is 12.8 Å². The van der Waals surface area contributed by atoms with E-state index in [1.165, 1.54) is 0 Å². The molecule has 1 aliphatic carbocycles. The first kappa shape index (κ1) is 13.9. The summed E-state index contributed by atoms with van der Waals surface area (Å²) in [7, 11) is -3.84. The first-order chi connectivity index (χ1) is 9.49. The fourth-order valence-corrected chi connectivity index (χ4v) is 4.13. The van der Waals surface area contributed by atoms with E-state index in [2.05, 4.69) is 9.71 Å². The Morgan fingerprint density at radius 3 is 3.00 bits per heavy atom. The molecule has 0 spiro atoms. The van der Waals surface area contributed by atoms with Crippen LogP contribution in [0, 0.1) is 11.7 Å². The maximum Gasteiger partial charge on any atom is 0.242 e. The molecule has 4 atom stereocenters. The summed E-state index contributed by atoms with van der Waals surface area (Å²) < 4.78 is 45.5. The van der Waals surface area contributed by atoms with Crippen molar-refractivity contribution in [3.63, 3.8) is 0 Å². The van der Waals surface area contributed by atoms with E-state index in [0.717, 1.165) is 31.3 Å². The third-order valence-electron chi connectivity index (χ3n) is 3.96. The van der Waals surface area contributed by atoms with Crippen LogP contribution in [0.15, 0.2) is 23.4 Å². The van der Waals surface area contributed by atoms with Crippen LogP contribution in [0.3, 0.4) is 0 Å². The second kappa shape index (κ2) is 5.03. The van der Waals surface area contributed by atoms with Crippen LogP contribution in [0.2, 0.25) is 0 Å². The fraction of sp³-hybridized carbons (Fsp3) is 0.583. The number of nitrogens with zero attached hydrogens (tertiary/aromatic N) is 1. The third-order valence-corrected chi connectivity index (χ3v) is 5.38. The Bertz CT molecular complexity index is 610. The molecule has 4 unspecified atom stereocenters. The lowest BCUT2D eigenvalue weighted by Gasteiger charge is -2.52. The lowest BCUT2D eigenvalue weighted by molar-refractivity contribution is -0.114. The van der Waals surface area contributed by atoms with Crippen LogP contribution in [-0.4, -0.2) is 38.2 Å². The van der Waals surface area contributed by atoms with Crippen LogP contribution in [0.25, 0.3) is 0 Å². The van der Waals surface area contributed by atoms with E-state index in [0.29, 0.717) is 6.61 Å². The molecule has 1 saturated heterocycles. The molecule has 0 bridgehead atoms. The predicted molar refractivity (Wildman–Crippen MR) is 68.7 cm³/mol. The average Bonchev–Trinajstić information content (AvgIpc) is 2.44. The Labute approximate surface area is 116 Å². The summed E-state index contributed by atoms with van der Waals surface area (Å²) >= 11 is 0. The van der Waals surface area contributed by atoms with Gasteiger partial charge in [0.1, 0.15) is 10.7 Å². The Hall–Kier alpha value is -1.09. The Morgan fingerprint density at radius 1 is 1.45 bits per heavy atom. The molecule has 8 heteroatoms. The first-order valence-electron chi connectivity index (χ1n) is 6.49. The molecule has 0 amide bonds. The lowest BCUT2D eigenvalue weighted by Crippen LogP contribution is -2.71. The molecule has 2 aliphatic rings. The van der Waals surface area contributed by atoms with E-state index in [1.807, 2.05) is 0 Å². The molecule has 110 valence electrons. The molecule has 6 nitrogen and oxygen atoms in total. The molecule has 3 N–H and O–H groups in total. The smallest absolute Gasteiger partial charge is 0.242 e. The number of halogens is 1. The number of sulfonamides is 1. The van der Waals surface area contributed by atoms with Crippen molar-refractivity contribution in [2.45, 2.75) is 35.9 Å². The second-order valence-electron chi connectivity index (χ2n) is 5.20. The van der Waals surface area contributed by atoms with Crippen molar-refractivity contribution in [2.75, 3.05) is 6.61 Å². The van der Waals surface area contributed by atoms with Gasteiger partial charge in [0.25, 0.3) is 0 Å². The Morgan fingerprint density at radius 2 is 2.25 bits per heavy atom. The number of aromatic nitrogens is 1. The van der Waals surface area contributed by atoms with Gasteiger partial charge >= 0.3 is 0 Å². The standard InChI is InChI=1S/C12H16FN3O3S/c13-7-4-8(6-15-5-7)20(17,18)16-11-10(14)9-2-1-3-19-12(9)11/h4-6,9-12,16H,1-3,14H2. The van der Waals surface area contributed by atoms with E-state index >= 15 is 0 Å². The number of ether oxygens (including phenoxy) is 1. The zero-order valence-electron chi connectivity index (χ0n) is 10.7. The zero-order chi connectivity index (χ0) is 14.3. The fourth-order valence-electron chi connectivity index (χ4n) is 2.88. The van der Waals surface area contributed by atoms with Crippen molar-refractivity contribution in [1.82, 2.24) is 9.71 Å². The summed E-state index contributed by atoms with van der Waals surface area (Å²) in [6.45, 7) is 0.619. The summed E-state index contributed by atoms with van der Waals surface area (Å²) in [5.41, 5.74) is 6.00. The van der Waals surface area contributed by atoms with E-state index in [-0.39, 0.29) is 23.0 Å². The average molecular weight is 301 g/mol. The maximum absolute atomic E-state index is 13.1. The highest BCUT2D eigenvalue weighted by atomic mass is 32.2. The third kappa shape index (κ3) is 2.32. The number of fused-ring (bicyclic) bond motifs is 1. The minimum absolute atomic E-state index is 0.185. The molecule has 1 saturated carbocycles. The summed E-state index contributed by atoms with van der Waals surface area (Å²) in [5.74, 6) is -0.500. The largest absolute Gasteiger partial charge is 0.376 e. The van der Waals surface area contributed by atoms with Gasteiger partial charge in [-0.1, -0.05) is 0 Å². The van der Waals surface area contributed by atoms with Crippen LogP contribution in [0.4, 0.5) is 4.39 Å². The number of hydrogen-bond acceptors (Lipinski definition) is 5. The molecule has 1 aromatic heterocycles. The van der Waals surface area contributed by atoms with Crippen molar-refractivity contribution in [1.29, 1.82) is 0 Å². The second-order valence-corrected chi connectivity index (χ2v) is 6.92. The molecule has 0 radical (unpaired) electrons. The number of pyridine rings is 1. The molecule has 3 rings (SSSR count). The van der Waals surface area contributed by atoms with Gasteiger partial charge < -0.3 is 10.5 Å². The van der Waals surface area contributed by atoms with Crippen molar-refractivity contribution in [3.8, 4) is 0 Å². The van der Waals surface area contributed by atoms with Crippen LogP contribution >= 0.6 is 0 Å². The Kier molecular flexibility index (Phi) is 3.49. The van der Waals surface area contributed by atoms with E-state index in [1.54, 1.807) is 0 Å². The molecule has 2 fully saturated rings. The van der Waals surface area contributed by atoms with Gasteiger partial charge in [-0.05, 0) is 18.9 Å². The molecule has 20 heavy (non-hydrogen) atoms. The van der Waals surface area contributed by atoms with E-state index < -0.39 is 21.9 Å². The number of rotatable bonds is 3. The highest BCUT2D eigenvalue weighted by molar-refractivity contribution is 7.89. The number of nitrogens with two attached hydrogens (primary N) is 1. The SMILES string of the molecule is NC1C2CCCOC2C1NS(=O)(=O)c1cncc(F)c1. The van der Waals surface area contributed by atoms with Gasteiger partial charge in [-0.3, -0.25) is 4.98 Å². The topological polar surface area (TPSA) is 94.3 Å². The summed E-state index contributed by atoms with van der Waals surface area (Å²) in [6.07, 6.45) is 3.77. The summed E-state index contributed by atoms with van der Waals surface area (Å²) in [6, 6.07) is 0.198. The number of hydrogen-bond donors (Lipinski definition) is 2. The normalized spacial score (nSPS) is 33.3. The van der Waals surface area contributed by atoms with Crippen molar-refractivity contribution in [3.05, 3.63) is 24.3 Å². The van der Waals surface area contributed by atoms with Crippen LogP contribution in [0.5, 0.6) is 0 Å². The highest BCUT2D eigenvalue weighted by Gasteiger charge is 2.51. The van der Waals surface area contributed by atoms with Crippen molar-refractivity contribution in [2.24, 2.45) is 11.7 Å². The molecular weight excluding hydrogens is 285 g/mol. The lowest BCUT2D eigenvalue weighted by atomic mass is 9.69. The van der Waals surface area contributed by atoms with Gasteiger partial charge in [-0.15, -0.1) is 0 Å². The van der Waals surface area contributed by atoms with Crippen LogP contribution in [-0.2, 0) is 14.8 Å². The highest BCUT2D eigenvalue weighted by Crippen LogP contribution is 2.37. The predicted octanol–water partition coefficient (Wildman–Crippen LogP) is 0.00370. The molecule has 1 aromatic rings. The molecular formula is C12H16FN3O3S. The minimum atomic E-state index is -3.84. The minimum Gasteiger partial charge on any atom is -0.376 e. The van der Waals surface area contributed by atoms with Gasteiger partial charge in [0.05, 0.1) is 18.3 Å². The monoisotopic (exact) mass is 301 g/mol. The van der Waals surface area contributed by atoms with Gasteiger partial charge in [0, 0.05) is 24.8 Å². The van der Waals surface area contributed by atoms with Gasteiger partial charge in [0.15, 0.2) is 0 Å². The Balaban J connectivity index is 1.77. The first-order valence-corrected chi connectivity index (χ1v) is 7.97. The summed E-state index contributed by atoms with van der Waals surface area (Å²) in [5, 5.41) is 0. The molecule has 0 aromatic carbocycles. The van der Waals surface area contributed by atoms with Gasteiger partial charge in [-0.25, -0.2) is 17.5 Å². The van der Waals surface area contributed by atoms with Crippen LogP contribution < -0.4 is 10.5 Å². The van der Waals surface area contributed by atoms with Crippen molar-refractivity contribution < 1.29 is 17.5 Å². The number of nitrogens with one attached hydrogen (secondary N) is 1. The van der Waals surface area contributed by atoms with Crippen molar-refractivity contribution >= 4 is 10.0 Å². The van der Waals surface area contributed by atoms with Crippen LogP contribution in [0.1, 0.15) is 12.8 Å². The zero-order valence-corrected chi connectivity index (χ0v) is 11.5. The van der Waals surface area contributed by atoms with E-state index in [4.69, 9.17) is 10.5 Å². The molecule has 2 heterocycles. The molecule has 1 aliphatic heterocycles. The maximum atomic E-state index is 13.1. The quantitative estimate of drug-likeness (QED) is 0.820. The van der Waals surface area contributed by atoms with Gasteiger partial charge in [-0.2, -0.15) is 0 Å².